The van der Waals surface area contributed by atoms with Crippen molar-refractivity contribution in [2.24, 2.45) is 0 Å². The normalized spacial score (nSPS) is 28.8. The Bertz CT molecular complexity index is 540. The summed E-state index contributed by atoms with van der Waals surface area (Å²) in [5.74, 6) is 5.50. The Kier molecular flexibility index (Phi) is 4.53. The first-order valence-corrected chi connectivity index (χ1v) is 6.28. The Hall–Kier alpha value is -1.71. The molecular formula is C15H16O5. The number of ether oxygens (including phenoxy) is 1. The van der Waals surface area contributed by atoms with Crippen LogP contribution in [0.2, 0.25) is 0 Å². The molecule has 106 valence electrons. The van der Waals surface area contributed by atoms with Crippen LogP contribution in [0.1, 0.15) is 22.8 Å². The van der Waals surface area contributed by atoms with E-state index in [2.05, 4.69) is 11.8 Å². The van der Waals surface area contributed by atoms with Crippen molar-refractivity contribution in [2.45, 2.75) is 31.3 Å². The van der Waals surface area contributed by atoms with Crippen LogP contribution in [0.3, 0.4) is 0 Å². The van der Waals surface area contributed by atoms with Gasteiger partial charge in [0.05, 0.1) is 6.61 Å². The average Bonchev–Trinajstić information content (AvgIpc) is 2.73. The zero-order valence-corrected chi connectivity index (χ0v) is 11.0. The molecule has 4 atom stereocenters. The van der Waals surface area contributed by atoms with Crippen LogP contribution in [-0.4, -0.2) is 52.1 Å². The maximum absolute atomic E-state index is 11.1. The molecule has 5 heteroatoms. The van der Waals surface area contributed by atoms with E-state index >= 15 is 0 Å². The maximum Gasteiger partial charge on any atom is 0.159 e. The van der Waals surface area contributed by atoms with Gasteiger partial charge in [0.1, 0.15) is 24.4 Å². The van der Waals surface area contributed by atoms with E-state index in [1.807, 2.05) is 0 Å². The average molecular weight is 276 g/mol. The summed E-state index contributed by atoms with van der Waals surface area (Å²) < 4.78 is 5.24. The molecule has 0 radical (unpaired) electrons. The number of Topliss-reactive ketones (excluding diaryl/α,β-unsaturated/α-hetero) is 1. The fourth-order valence-electron chi connectivity index (χ4n) is 1.96. The molecule has 0 amide bonds. The molecule has 1 saturated heterocycles. The first-order chi connectivity index (χ1) is 9.52. The lowest BCUT2D eigenvalue weighted by molar-refractivity contribution is -0.0111. The van der Waals surface area contributed by atoms with Crippen LogP contribution in [0.5, 0.6) is 0 Å². The Morgan fingerprint density at radius 2 is 1.90 bits per heavy atom. The molecule has 1 aliphatic heterocycles. The van der Waals surface area contributed by atoms with Crippen molar-refractivity contribution in [3.8, 4) is 11.8 Å². The molecule has 1 heterocycles. The van der Waals surface area contributed by atoms with E-state index in [-0.39, 0.29) is 12.4 Å². The van der Waals surface area contributed by atoms with Gasteiger partial charge in [-0.25, -0.2) is 0 Å². The van der Waals surface area contributed by atoms with Crippen molar-refractivity contribution in [2.75, 3.05) is 6.61 Å². The Morgan fingerprint density at radius 3 is 2.40 bits per heavy atom. The van der Waals surface area contributed by atoms with Crippen molar-refractivity contribution in [3.63, 3.8) is 0 Å². The van der Waals surface area contributed by atoms with Gasteiger partial charge in [-0.3, -0.25) is 4.79 Å². The molecule has 5 nitrogen and oxygen atoms in total. The highest BCUT2D eigenvalue weighted by Crippen LogP contribution is 2.20. The summed E-state index contributed by atoms with van der Waals surface area (Å²) in [6.45, 7) is 1.11. The fraction of sp³-hybridized carbons (Fsp3) is 0.400. The standard InChI is InChI=1S/C15H16O5/c1-9(17)11-5-2-10(3-6-11)4-7-12-14(18)15(19)13(8-16)20-12/h2-3,5-6,12-16,18-19H,8H2,1H3/t12-,13-,14+,15?/m1/s1. The predicted octanol–water partition coefficient (Wildman–Crippen LogP) is -0.278. The summed E-state index contributed by atoms with van der Waals surface area (Å²) in [4.78, 5) is 11.1. The lowest BCUT2D eigenvalue weighted by atomic mass is 10.1. The lowest BCUT2D eigenvalue weighted by Gasteiger charge is -2.09. The number of rotatable bonds is 2. The quantitative estimate of drug-likeness (QED) is 0.511. The number of carbonyl (C=O) groups is 1. The number of aliphatic hydroxyl groups is 3. The van der Waals surface area contributed by atoms with E-state index in [0.29, 0.717) is 11.1 Å². The topological polar surface area (TPSA) is 87.0 Å². The van der Waals surface area contributed by atoms with E-state index < -0.39 is 24.4 Å². The van der Waals surface area contributed by atoms with Gasteiger partial charge < -0.3 is 20.1 Å². The van der Waals surface area contributed by atoms with Crippen molar-refractivity contribution >= 4 is 5.78 Å². The maximum atomic E-state index is 11.1. The molecule has 1 fully saturated rings. The molecule has 0 aromatic heterocycles. The molecule has 2 rings (SSSR count). The number of hydrogen-bond donors (Lipinski definition) is 3. The highest BCUT2D eigenvalue weighted by atomic mass is 16.6. The molecule has 3 N–H and O–H groups in total. The van der Waals surface area contributed by atoms with Gasteiger partial charge in [-0.15, -0.1) is 0 Å². The number of hydrogen-bond acceptors (Lipinski definition) is 5. The number of benzene rings is 1. The van der Waals surface area contributed by atoms with Crippen LogP contribution in [0.4, 0.5) is 0 Å². The number of ketones is 1. The van der Waals surface area contributed by atoms with Crippen molar-refractivity contribution in [3.05, 3.63) is 35.4 Å². The molecule has 1 unspecified atom stereocenters. The van der Waals surface area contributed by atoms with Gasteiger partial charge in [0, 0.05) is 11.1 Å². The minimum Gasteiger partial charge on any atom is -0.394 e. The summed E-state index contributed by atoms with van der Waals surface area (Å²) in [7, 11) is 0. The number of carbonyl (C=O) groups excluding carboxylic acids is 1. The smallest absolute Gasteiger partial charge is 0.159 e. The van der Waals surface area contributed by atoms with Gasteiger partial charge in [0.25, 0.3) is 0 Å². The second kappa shape index (κ2) is 6.16. The number of aliphatic hydroxyl groups excluding tert-OH is 3. The Balaban J connectivity index is 2.09. The van der Waals surface area contributed by atoms with Crippen LogP contribution >= 0.6 is 0 Å². The van der Waals surface area contributed by atoms with E-state index in [9.17, 15) is 15.0 Å². The Labute approximate surface area is 116 Å². The highest BCUT2D eigenvalue weighted by Gasteiger charge is 2.41. The van der Waals surface area contributed by atoms with Gasteiger partial charge in [-0.1, -0.05) is 24.0 Å². The van der Waals surface area contributed by atoms with Crippen LogP contribution in [0, 0.1) is 11.8 Å². The van der Waals surface area contributed by atoms with Gasteiger partial charge in [0.15, 0.2) is 5.78 Å². The monoisotopic (exact) mass is 276 g/mol. The SMILES string of the molecule is CC(=O)c1ccc(C#C[C@H]2O[C@H](CO)C(O)[C@H]2O)cc1. The lowest BCUT2D eigenvalue weighted by Crippen LogP contribution is -2.33. The molecule has 0 aliphatic carbocycles. The third kappa shape index (κ3) is 3.06. The second-order valence-corrected chi connectivity index (χ2v) is 4.66. The molecule has 20 heavy (non-hydrogen) atoms. The van der Waals surface area contributed by atoms with Crippen molar-refractivity contribution < 1.29 is 24.9 Å². The van der Waals surface area contributed by atoms with Crippen LogP contribution < -0.4 is 0 Å². The molecule has 1 aliphatic rings. The van der Waals surface area contributed by atoms with E-state index in [1.165, 1.54) is 6.92 Å². The van der Waals surface area contributed by atoms with Gasteiger partial charge in [-0.05, 0) is 19.1 Å². The summed E-state index contributed by atoms with van der Waals surface area (Å²) >= 11 is 0. The molecule has 1 aromatic rings. The third-order valence-electron chi connectivity index (χ3n) is 3.19. The summed E-state index contributed by atoms with van der Waals surface area (Å²) in [6, 6.07) is 6.74. The molecular weight excluding hydrogens is 260 g/mol. The van der Waals surface area contributed by atoms with E-state index in [4.69, 9.17) is 9.84 Å². The second-order valence-electron chi connectivity index (χ2n) is 4.66. The minimum absolute atomic E-state index is 0.0204. The van der Waals surface area contributed by atoms with Gasteiger partial charge >= 0.3 is 0 Å². The van der Waals surface area contributed by atoms with E-state index in [1.54, 1.807) is 24.3 Å². The van der Waals surface area contributed by atoms with Crippen LogP contribution in [0.25, 0.3) is 0 Å². The third-order valence-corrected chi connectivity index (χ3v) is 3.19. The first-order valence-electron chi connectivity index (χ1n) is 6.28. The molecule has 0 bridgehead atoms. The first kappa shape index (κ1) is 14.7. The minimum atomic E-state index is -1.14. The molecule has 0 spiro atoms. The summed E-state index contributed by atoms with van der Waals surface area (Å²) in [5, 5.41) is 28.3. The zero-order valence-electron chi connectivity index (χ0n) is 11.0. The van der Waals surface area contributed by atoms with Crippen molar-refractivity contribution in [1.29, 1.82) is 0 Å². The predicted molar refractivity (Wildman–Crippen MR) is 71.1 cm³/mol. The van der Waals surface area contributed by atoms with E-state index in [0.717, 1.165) is 0 Å². The largest absolute Gasteiger partial charge is 0.394 e. The fourth-order valence-corrected chi connectivity index (χ4v) is 1.96. The molecule has 1 aromatic carbocycles. The van der Waals surface area contributed by atoms with Gasteiger partial charge in [-0.2, -0.15) is 0 Å². The summed E-state index contributed by atoms with van der Waals surface area (Å²) in [5.41, 5.74) is 1.27. The van der Waals surface area contributed by atoms with Crippen LogP contribution in [0.15, 0.2) is 24.3 Å². The highest BCUT2D eigenvalue weighted by molar-refractivity contribution is 5.94. The van der Waals surface area contributed by atoms with Gasteiger partial charge in [0.2, 0.25) is 0 Å². The van der Waals surface area contributed by atoms with Crippen molar-refractivity contribution in [1.82, 2.24) is 0 Å². The Morgan fingerprint density at radius 1 is 1.25 bits per heavy atom. The molecule has 0 saturated carbocycles. The zero-order chi connectivity index (χ0) is 14.7. The summed E-state index contributed by atoms with van der Waals surface area (Å²) in [6.07, 6.45) is -3.94. The van der Waals surface area contributed by atoms with Crippen LogP contribution in [-0.2, 0) is 4.74 Å².